The molecule has 0 bridgehead atoms. The highest BCUT2D eigenvalue weighted by molar-refractivity contribution is 5.94. The van der Waals surface area contributed by atoms with Crippen LogP contribution < -0.4 is 10.1 Å². The van der Waals surface area contributed by atoms with E-state index in [1.54, 1.807) is 0 Å². The fourth-order valence-electron chi connectivity index (χ4n) is 4.12. The van der Waals surface area contributed by atoms with Crippen LogP contribution in [0.15, 0.2) is 24.3 Å². The molecule has 1 heterocycles. The lowest BCUT2D eigenvalue weighted by Crippen LogP contribution is -2.59. The van der Waals surface area contributed by atoms with Crippen LogP contribution in [0.2, 0.25) is 0 Å². The second-order valence-corrected chi connectivity index (χ2v) is 7.44. The minimum absolute atomic E-state index is 0.00486. The normalized spacial score (nSPS) is 20.5. The van der Waals surface area contributed by atoms with Crippen LogP contribution in [-0.2, 0) is 4.74 Å². The van der Waals surface area contributed by atoms with E-state index < -0.39 is 0 Å². The Morgan fingerprint density at radius 2 is 1.85 bits per heavy atom. The molecule has 2 fully saturated rings. The van der Waals surface area contributed by atoms with Crippen molar-refractivity contribution < 1.29 is 14.3 Å². The van der Waals surface area contributed by atoms with Crippen LogP contribution in [0, 0.1) is 0 Å². The molecule has 5 nitrogen and oxygen atoms in total. The lowest BCUT2D eigenvalue weighted by molar-refractivity contribution is -0.0361. The molecule has 0 unspecified atom stereocenters. The summed E-state index contributed by atoms with van der Waals surface area (Å²) in [6.45, 7) is 7.05. The van der Waals surface area contributed by atoms with Gasteiger partial charge in [0.1, 0.15) is 5.75 Å². The fourth-order valence-corrected chi connectivity index (χ4v) is 4.12. The van der Waals surface area contributed by atoms with E-state index >= 15 is 0 Å². The van der Waals surface area contributed by atoms with Gasteiger partial charge in [-0.25, -0.2) is 0 Å². The summed E-state index contributed by atoms with van der Waals surface area (Å²) in [5.74, 6) is 0.825. The molecule has 1 aliphatic carbocycles. The third kappa shape index (κ3) is 4.77. The van der Waals surface area contributed by atoms with Gasteiger partial charge in [0.25, 0.3) is 5.91 Å². The molecule has 3 rings (SSSR count). The summed E-state index contributed by atoms with van der Waals surface area (Å²) in [5, 5.41) is 3.21. The van der Waals surface area contributed by atoms with Gasteiger partial charge in [-0.3, -0.25) is 9.69 Å². The molecule has 1 aromatic rings. The molecular formula is C21H32N2O3. The summed E-state index contributed by atoms with van der Waals surface area (Å²) in [5.41, 5.74) is 0.795. The van der Waals surface area contributed by atoms with Crippen LogP contribution in [0.5, 0.6) is 5.75 Å². The number of hydrogen-bond donors (Lipinski definition) is 1. The van der Waals surface area contributed by atoms with Crippen LogP contribution >= 0.6 is 0 Å². The third-order valence-corrected chi connectivity index (χ3v) is 5.63. The van der Waals surface area contributed by atoms with Gasteiger partial charge in [0.05, 0.1) is 19.8 Å². The van der Waals surface area contributed by atoms with Crippen LogP contribution in [0.3, 0.4) is 0 Å². The number of hydrogen-bond acceptors (Lipinski definition) is 4. The molecule has 1 N–H and O–H groups in total. The first-order valence-electron chi connectivity index (χ1n) is 10.1. The van der Waals surface area contributed by atoms with E-state index in [9.17, 15) is 4.79 Å². The van der Waals surface area contributed by atoms with Crippen molar-refractivity contribution in [1.29, 1.82) is 0 Å². The summed E-state index contributed by atoms with van der Waals surface area (Å²) < 4.78 is 11.1. The van der Waals surface area contributed by atoms with E-state index in [4.69, 9.17) is 9.47 Å². The number of nitrogens with one attached hydrogen (secondary N) is 1. The zero-order valence-corrected chi connectivity index (χ0v) is 16.0. The molecule has 1 aliphatic heterocycles. The summed E-state index contributed by atoms with van der Waals surface area (Å²) in [4.78, 5) is 15.2. The Morgan fingerprint density at radius 1 is 1.15 bits per heavy atom. The highest BCUT2D eigenvalue weighted by atomic mass is 16.5. The molecule has 144 valence electrons. The van der Waals surface area contributed by atoms with Gasteiger partial charge in [0.15, 0.2) is 0 Å². The largest absolute Gasteiger partial charge is 0.494 e. The molecule has 26 heavy (non-hydrogen) atoms. The minimum Gasteiger partial charge on any atom is -0.494 e. The van der Waals surface area contributed by atoms with Gasteiger partial charge in [0.2, 0.25) is 0 Å². The van der Waals surface area contributed by atoms with E-state index in [-0.39, 0.29) is 11.4 Å². The molecule has 1 saturated heterocycles. The van der Waals surface area contributed by atoms with Crippen LogP contribution in [0.1, 0.15) is 55.8 Å². The molecule has 2 aliphatic rings. The van der Waals surface area contributed by atoms with E-state index in [1.807, 2.05) is 24.3 Å². The maximum absolute atomic E-state index is 12.6. The van der Waals surface area contributed by atoms with Crippen molar-refractivity contribution in [3.63, 3.8) is 0 Å². The number of nitrogens with zero attached hydrogens (tertiary/aromatic N) is 1. The Hall–Kier alpha value is -1.59. The SMILES string of the molecule is CCCOc1ccc(C(=O)NCC2(N3CCOCC3)CCCCC2)cc1. The molecule has 5 heteroatoms. The quantitative estimate of drug-likeness (QED) is 0.811. The van der Waals surface area contributed by atoms with Gasteiger partial charge < -0.3 is 14.8 Å². The predicted octanol–water partition coefficient (Wildman–Crippen LogP) is 3.24. The van der Waals surface area contributed by atoms with Crippen LogP contribution in [0.4, 0.5) is 0 Å². The summed E-state index contributed by atoms with van der Waals surface area (Å²) in [6.07, 6.45) is 7.10. The van der Waals surface area contributed by atoms with Crippen molar-refractivity contribution in [1.82, 2.24) is 10.2 Å². The Kier molecular flexibility index (Phi) is 6.92. The maximum Gasteiger partial charge on any atom is 0.251 e. The van der Waals surface area contributed by atoms with E-state index in [1.165, 1.54) is 19.3 Å². The second-order valence-electron chi connectivity index (χ2n) is 7.44. The van der Waals surface area contributed by atoms with Crippen molar-refractivity contribution >= 4 is 5.91 Å². The Labute approximate surface area is 157 Å². The van der Waals surface area contributed by atoms with Crippen molar-refractivity contribution in [2.45, 2.75) is 51.0 Å². The third-order valence-electron chi connectivity index (χ3n) is 5.63. The average Bonchev–Trinajstić information content (AvgIpc) is 2.72. The van der Waals surface area contributed by atoms with Gasteiger partial charge in [-0.15, -0.1) is 0 Å². The number of amides is 1. The van der Waals surface area contributed by atoms with Crippen LogP contribution in [0.25, 0.3) is 0 Å². The minimum atomic E-state index is 0.00486. The molecule has 1 saturated carbocycles. The molecular weight excluding hydrogens is 328 g/mol. The molecule has 1 aromatic carbocycles. The van der Waals surface area contributed by atoms with E-state index in [0.29, 0.717) is 12.2 Å². The maximum atomic E-state index is 12.6. The zero-order chi connectivity index (χ0) is 18.2. The monoisotopic (exact) mass is 360 g/mol. The van der Waals surface area contributed by atoms with E-state index in [0.717, 1.165) is 57.9 Å². The number of carbonyl (C=O) groups is 1. The zero-order valence-electron chi connectivity index (χ0n) is 16.0. The van der Waals surface area contributed by atoms with Gasteiger partial charge in [0, 0.05) is 30.7 Å². The number of ether oxygens (including phenoxy) is 2. The highest BCUT2D eigenvalue weighted by Gasteiger charge is 2.38. The standard InChI is InChI=1S/C21H32N2O3/c1-2-14-26-19-8-6-18(7-9-19)20(24)22-17-21(10-4-3-5-11-21)23-12-15-25-16-13-23/h6-9H,2-5,10-17H2,1H3,(H,22,24). The molecule has 0 radical (unpaired) electrons. The first-order valence-corrected chi connectivity index (χ1v) is 10.1. The van der Waals surface area contributed by atoms with Crippen molar-refractivity contribution in [2.24, 2.45) is 0 Å². The lowest BCUT2D eigenvalue weighted by atomic mass is 9.79. The molecule has 0 aromatic heterocycles. The summed E-state index contributed by atoms with van der Waals surface area (Å²) in [6, 6.07) is 7.46. The smallest absolute Gasteiger partial charge is 0.251 e. The topological polar surface area (TPSA) is 50.8 Å². The summed E-state index contributed by atoms with van der Waals surface area (Å²) >= 11 is 0. The van der Waals surface area contributed by atoms with Gasteiger partial charge in [-0.05, 0) is 43.5 Å². The molecule has 1 amide bonds. The Balaban J connectivity index is 1.60. The number of carbonyl (C=O) groups excluding carboxylic acids is 1. The van der Waals surface area contributed by atoms with Gasteiger partial charge in [-0.1, -0.05) is 26.2 Å². The fraction of sp³-hybridized carbons (Fsp3) is 0.667. The molecule has 0 atom stereocenters. The molecule has 0 spiro atoms. The average molecular weight is 360 g/mol. The second kappa shape index (κ2) is 9.38. The first kappa shape index (κ1) is 19.2. The van der Waals surface area contributed by atoms with Gasteiger partial charge >= 0.3 is 0 Å². The number of rotatable bonds is 7. The highest BCUT2D eigenvalue weighted by Crippen LogP contribution is 2.34. The number of benzene rings is 1. The first-order chi connectivity index (χ1) is 12.7. The number of morpholine rings is 1. The van der Waals surface area contributed by atoms with E-state index in [2.05, 4.69) is 17.1 Å². The lowest BCUT2D eigenvalue weighted by Gasteiger charge is -2.48. The van der Waals surface area contributed by atoms with Crippen molar-refractivity contribution in [2.75, 3.05) is 39.5 Å². The Bertz CT molecular complexity index is 561. The van der Waals surface area contributed by atoms with Gasteiger partial charge in [-0.2, -0.15) is 0 Å². The van der Waals surface area contributed by atoms with Crippen molar-refractivity contribution in [3.05, 3.63) is 29.8 Å². The summed E-state index contributed by atoms with van der Waals surface area (Å²) in [7, 11) is 0. The Morgan fingerprint density at radius 3 is 2.50 bits per heavy atom. The van der Waals surface area contributed by atoms with Crippen molar-refractivity contribution in [3.8, 4) is 5.75 Å². The predicted molar refractivity (Wildman–Crippen MR) is 103 cm³/mol. The van der Waals surface area contributed by atoms with Crippen LogP contribution in [-0.4, -0.2) is 55.8 Å².